The number of anilines is 2. The smallest absolute Gasteiger partial charge is 0.244 e. The maximum absolute atomic E-state index is 6.59. The lowest BCUT2D eigenvalue weighted by atomic mass is 9.91. The van der Waals surface area contributed by atoms with E-state index in [1.54, 1.807) is 6.08 Å². The Labute approximate surface area is 204 Å². The molecular formula is C25H32N6O2S. The van der Waals surface area contributed by atoms with Gasteiger partial charge in [0, 0.05) is 31.0 Å². The summed E-state index contributed by atoms with van der Waals surface area (Å²) >= 11 is 1.40. The average molecular weight is 481 g/mol. The molecule has 1 aliphatic carbocycles. The van der Waals surface area contributed by atoms with Gasteiger partial charge in [0.1, 0.15) is 16.6 Å². The molecule has 0 aromatic carbocycles. The first-order valence-corrected chi connectivity index (χ1v) is 12.8. The third-order valence-corrected chi connectivity index (χ3v) is 7.38. The van der Waals surface area contributed by atoms with Crippen molar-refractivity contribution in [2.24, 2.45) is 0 Å². The molecule has 5 rings (SSSR count). The van der Waals surface area contributed by atoms with Crippen molar-refractivity contribution >= 4 is 39.2 Å². The zero-order chi connectivity index (χ0) is 23.5. The van der Waals surface area contributed by atoms with Crippen LogP contribution in [-0.4, -0.2) is 62.3 Å². The van der Waals surface area contributed by atoms with Crippen molar-refractivity contribution in [2.75, 3.05) is 31.6 Å². The average Bonchev–Trinajstić information content (AvgIpc) is 3.46. The summed E-state index contributed by atoms with van der Waals surface area (Å²) in [4.78, 5) is 12.2. The minimum absolute atomic E-state index is 0.140. The van der Waals surface area contributed by atoms with Gasteiger partial charge in [-0.15, -0.1) is 0 Å². The molecule has 1 aliphatic heterocycles. The van der Waals surface area contributed by atoms with Crippen molar-refractivity contribution < 1.29 is 9.47 Å². The summed E-state index contributed by atoms with van der Waals surface area (Å²) in [7, 11) is 0. The van der Waals surface area contributed by atoms with Crippen molar-refractivity contribution in [3.05, 3.63) is 42.8 Å². The van der Waals surface area contributed by atoms with E-state index in [-0.39, 0.29) is 6.10 Å². The van der Waals surface area contributed by atoms with E-state index in [4.69, 9.17) is 19.4 Å². The van der Waals surface area contributed by atoms with E-state index in [2.05, 4.69) is 25.7 Å². The number of fused-ring (bicyclic) bond motifs is 1. The molecule has 1 saturated heterocycles. The van der Waals surface area contributed by atoms with Gasteiger partial charge in [-0.25, -0.2) is 4.98 Å². The Hall–Kier alpha value is -2.75. The third kappa shape index (κ3) is 5.01. The fourth-order valence-electron chi connectivity index (χ4n) is 4.86. The number of allylic oxidation sites excluding steroid dienone is 3. The minimum atomic E-state index is 0.140. The van der Waals surface area contributed by atoms with Crippen LogP contribution in [0.2, 0.25) is 0 Å². The number of aryl methyl sites for hydroxylation is 1. The maximum atomic E-state index is 6.59. The van der Waals surface area contributed by atoms with Crippen LogP contribution >= 0.6 is 11.5 Å². The van der Waals surface area contributed by atoms with Crippen molar-refractivity contribution in [3.63, 3.8) is 0 Å². The van der Waals surface area contributed by atoms with E-state index < -0.39 is 0 Å². The van der Waals surface area contributed by atoms with Gasteiger partial charge in [0.05, 0.1) is 24.4 Å². The van der Waals surface area contributed by atoms with E-state index in [9.17, 15) is 0 Å². The van der Waals surface area contributed by atoms with Crippen LogP contribution < -0.4 is 10.1 Å². The number of aromatic nitrogens is 4. The fourth-order valence-corrected chi connectivity index (χ4v) is 5.51. The Morgan fingerprint density at radius 2 is 2.03 bits per heavy atom. The highest BCUT2D eigenvalue weighted by atomic mass is 32.1. The first-order chi connectivity index (χ1) is 16.6. The quantitative estimate of drug-likeness (QED) is 0.476. The van der Waals surface area contributed by atoms with E-state index in [1.807, 2.05) is 38.3 Å². The third-order valence-electron chi connectivity index (χ3n) is 6.59. The zero-order valence-corrected chi connectivity index (χ0v) is 20.7. The number of nitrogens with one attached hydrogen (secondary N) is 1. The summed E-state index contributed by atoms with van der Waals surface area (Å²) in [6.07, 6.45) is 10.2. The number of nitrogens with zero attached hydrogens (tertiary/aromatic N) is 5. The summed E-state index contributed by atoms with van der Waals surface area (Å²) in [5, 5.41) is 4.22. The van der Waals surface area contributed by atoms with Gasteiger partial charge in [-0.3, -0.25) is 4.90 Å². The highest BCUT2D eigenvalue weighted by Crippen LogP contribution is 2.33. The van der Waals surface area contributed by atoms with Gasteiger partial charge >= 0.3 is 0 Å². The summed E-state index contributed by atoms with van der Waals surface area (Å²) < 4.78 is 18.5. The molecule has 3 aromatic rings. The number of morpholine rings is 1. The van der Waals surface area contributed by atoms with Crippen LogP contribution in [0.15, 0.2) is 37.1 Å². The molecule has 34 heavy (non-hydrogen) atoms. The van der Waals surface area contributed by atoms with Crippen molar-refractivity contribution in [3.8, 4) is 5.88 Å². The lowest BCUT2D eigenvalue weighted by molar-refractivity contribution is -0.00127. The molecule has 3 aromatic heterocycles. The molecule has 8 nitrogen and oxygen atoms in total. The molecule has 2 aliphatic rings. The normalized spacial score (nSPS) is 22.1. The molecule has 0 spiro atoms. The van der Waals surface area contributed by atoms with E-state index in [0.29, 0.717) is 17.9 Å². The Morgan fingerprint density at radius 1 is 1.24 bits per heavy atom. The standard InChI is InChI=1S/C25H32N6O2S/c1-4-5-18(3)31-11-10-21-23(31)24(28-25(26-21)27-22-16-17(2)29-34-22)33-20-8-6-19(7-9-20)30-12-14-32-15-13-30/h4-5,10-11,16,19-20H,1,6-9,12-15H2,2-3H3,(H,26,27,28)/b18-5+. The Kier molecular flexibility index (Phi) is 6.94. The molecule has 0 atom stereocenters. The van der Waals surface area contributed by atoms with Crippen LogP contribution in [0.4, 0.5) is 10.9 Å². The van der Waals surface area contributed by atoms with Crippen LogP contribution in [0, 0.1) is 6.92 Å². The van der Waals surface area contributed by atoms with Crippen molar-refractivity contribution in [1.82, 2.24) is 23.8 Å². The minimum Gasteiger partial charge on any atom is -0.473 e. The second-order valence-electron chi connectivity index (χ2n) is 8.97. The van der Waals surface area contributed by atoms with Gasteiger partial charge in [-0.05, 0) is 69.3 Å². The first-order valence-electron chi connectivity index (χ1n) is 12.0. The lowest BCUT2D eigenvalue weighted by Crippen LogP contribution is -2.46. The van der Waals surface area contributed by atoms with Gasteiger partial charge < -0.3 is 19.4 Å². The zero-order valence-electron chi connectivity index (χ0n) is 19.9. The lowest BCUT2D eigenvalue weighted by Gasteiger charge is -2.38. The van der Waals surface area contributed by atoms with Gasteiger partial charge in [-0.2, -0.15) is 9.36 Å². The topological polar surface area (TPSA) is 77.3 Å². The SMILES string of the molecule is C=C/C=C(\C)n1ccc2nc(Nc3cc(C)ns3)nc(OC3CCC(N4CCOCC4)CC3)c21. The van der Waals surface area contributed by atoms with E-state index >= 15 is 0 Å². The van der Waals surface area contributed by atoms with E-state index in [1.165, 1.54) is 11.5 Å². The summed E-state index contributed by atoms with van der Waals surface area (Å²) in [6.45, 7) is 11.6. The largest absolute Gasteiger partial charge is 0.473 e. The number of hydrogen-bond donors (Lipinski definition) is 1. The van der Waals surface area contributed by atoms with Crippen molar-refractivity contribution in [1.29, 1.82) is 0 Å². The van der Waals surface area contributed by atoms with Crippen LogP contribution in [0.5, 0.6) is 5.88 Å². The molecular weight excluding hydrogens is 448 g/mol. The van der Waals surface area contributed by atoms with E-state index in [0.717, 1.165) is 79.4 Å². The molecule has 0 radical (unpaired) electrons. The molecule has 0 amide bonds. The van der Waals surface area contributed by atoms with Crippen LogP contribution in [0.3, 0.4) is 0 Å². The van der Waals surface area contributed by atoms with Gasteiger partial charge in [0.2, 0.25) is 11.8 Å². The van der Waals surface area contributed by atoms with Crippen LogP contribution in [0.1, 0.15) is 38.3 Å². The predicted octanol–water partition coefficient (Wildman–Crippen LogP) is 5.01. The van der Waals surface area contributed by atoms with Crippen LogP contribution in [-0.2, 0) is 4.74 Å². The van der Waals surface area contributed by atoms with Gasteiger partial charge in [-0.1, -0.05) is 12.7 Å². The molecule has 0 unspecified atom stereocenters. The number of hydrogen-bond acceptors (Lipinski definition) is 8. The summed E-state index contributed by atoms with van der Waals surface area (Å²) in [5.74, 6) is 1.14. The number of ether oxygens (including phenoxy) is 2. The number of rotatable bonds is 7. The maximum Gasteiger partial charge on any atom is 0.244 e. The molecule has 4 heterocycles. The second kappa shape index (κ2) is 10.2. The van der Waals surface area contributed by atoms with Gasteiger partial charge in [0.25, 0.3) is 0 Å². The molecule has 2 fully saturated rings. The van der Waals surface area contributed by atoms with Crippen LogP contribution in [0.25, 0.3) is 16.7 Å². The highest BCUT2D eigenvalue weighted by Gasteiger charge is 2.29. The second-order valence-corrected chi connectivity index (χ2v) is 9.77. The Bertz CT molecular complexity index is 1170. The molecule has 1 saturated carbocycles. The Balaban J connectivity index is 1.40. The summed E-state index contributed by atoms with van der Waals surface area (Å²) in [5.41, 5.74) is 3.73. The fraction of sp³-hybridized carbons (Fsp3) is 0.480. The molecule has 180 valence electrons. The monoisotopic (exact) mass is 480 g/mol. The summed E-state index contributed by atoms with van der Waals surface area (Å²) in [6, 6.07) is 4.62. The Morgan fingerprint density at radius 3 is 2.74 bits per heavy atom. The molecule has 9 heteroatoms. The van der Waals surface area contributed by atoms with Crippen molar-refractivity contribution in [2.45, 2.75) is 51.7 Å². The molecule has 1 N–H and O–H groups in total. The molecule has 0 bridgehead atoms. The first kappa shape index (κ1) is 23.0. The predicted molar refractivity (Wildman–Crippen MR) is 137 cm³/mol. The van der Waals surface area contributed by atoms with Gasteiger partial charge in [0.15, 0.2) is 0 Å². The highest BCUT2D eigenvalue weighted by molar-refractivity contribution is 7.10.